The number of para-hydroxylation sites is 1. The molecule has 0 aliphatic rings. The van der Waals surface area contributed by atoms with Gasteiger partial charge in [-0.1, -0.05) is 41.4 Å². The summed E-state index contributed by atoms with van der Waals surface area (Å²) in [5.41, 5.74) is 1.22. The number of methoxy groups -OCH3 is 1. The van der Waals surface area contributed by atoms with Crippen molar-refractivity contribution in [2.24, 2.45) is 0 Å². The Morgan fingerprint density at radius 2 is 1.84 bits per heavy atom. The summed E-state index contributed by atoms with van der Waals surface area (Å²) in [6.07, 6.45) is 0.608. The summed E-state index contributed by atoms with van der Waals surface area (Å²) in [5.74, 6) is -0.260. The second-order valence-corrected chi connectivity index (χ2v) is 5.93. The normalized spacial score (nSPS) is 10.2. The Hall–Kier alpha value is -2.24. The summed E-state index contributed by atoms with van der Waals surface area (Å²) < 4.78 is 10.2. The second-order valence-electron chi connectivity index (χ2n) is 5.12. The third-order valence-corrected chi connectivity index (χ3v) is 4.14. The van der Waals surface area contributed by atoms with Crippen LogP contribution in [0.25, 0.3) is 0 Å². The maximum Gasteiger partial charge on any atom is 0.338 e. The first-order chi connectivity index (χ1) is 12.0. The fourth-order valence-electron chi connectivity index (χ4n) is 2.13. The van der Waals surface area contributed by atoms with E-state index in [9.17, 15) is 9.59 Å². The van der Waals surface area contributed by atoms with Gasteiger partial charge in [0.1, 0.15) is 5.75 Å². The van der Waals surface area contributed by atoms with Crippen LogP contribution in [0.5, 0.6) is 5.75 Å². The number of hydrogen-bond donors (Lipinski definition) is 1. The Bertz CT molecular complexity index is 764. The van der Waals surface area contributed by atoms with Gasteiger partial charge in [-0.25, -0.2) is 4.79 Å². The van der Waals surface area contributed by atoms with Gasteiger partial charge in [-0.3, -0.25) is 4.79 Å². The van der Waals surface area contributed by atoms with Crippen LogP contribution in [0.1, 0.15) is 15.9 Å². The molecule has 7 heteroatoms. The van der Waals surface area contributed by atoms with E-state index in [1.54, 1.807) is 7.11 Å². The van der Waals surface area contributed by atoms with Crippen LogP contribution in [0.2, 0.25) is 10.0 Å². The second kappa shape index (κ2) is 9.30. The Kier molecular flexibility index (Phi) is 7.10. The molecule has 0 aliphatic heterocycles. The molecule has 132 valence electrons. The number of esters is 1. The van der Waals surface area contributed by atoms with Crippen LogP contribution in [0.3, 0.4) is 0 Å². The first-order valence-corrected chi connectivity index (χ1v) is 8.27. The minimum atomic E-state index is -0.640. The average Bonchev–Trinajstić information content (AvgIpc) is 2.62. The number of carbonyl (C=O) groups excluding carboxylic acids is 2. The molecule has 2 aromatic carbocycles. The lowest BCUT2D eigenvalue weighted by Gasteiger charge is -2.09. The Labute approximate surface area is 155 Å². The van der Waals surface area contributed by atoms with Crippen molar-refractivity contribution in [3.05, 3.63) is 63.6 Å². The zero-order chi connectivity index (χ0) is 18.2. The molecular formula is C18H17Cl2NO4. The van der Waals surface area contributed by atoms with E-state index in [-0.39, 0.29) is 23.1 Å². The highest BCUT2D eigenvalue weighted by Gasteiger charge is 2.12. The van der Waals surface area contributed by atoms with Crippen LogP contribution in [-0.2, 0) is 16.0 Å². The molecule has 1 N–H and O–H groups in total. The van der Waals surface area contributed by atoms with E-state index >= 15 is 0 Å². The van der Waals surface area contributed by atoms with Crippen molar-refractivity contribution < 1.29 is 19.1 Å². The molecule has 0 saturated heterocycles. The highest BCUT2D eigenvalue weighted by atomic mass is 35.5. The van der Waals surface area contributed by atoms with Crippen molar-refractivity contribution in [2.75, 3.05) is 20.3 Å². The van der Waals surface area contributed by atoms with Crippen LogP contribution < -0.4 is 10.1 Å². The van der Waals surface area contributed by atoms with E-state index < -0.39 is 5.97 Å². The SMILES string of the molecule is COc1ccccc1CCNC(=O)COC(=O)c1ccc(Cl)c(Cl)c1. The summed E-state index contributed by atoms with van der Waals surface area (Å²) >= 11 is 11.6. The number of amides is 1. The van der Waals surface area contributed by atoms with E-state index in [2.05, 4.69) is 5.32 Å². The minimum Gasteiger partial charge on any atom is -0.496 e. The van der Waals surface area contributed by atoms with Gasteiger partial charge in [0.25, 0.3) is 5.91 Å². The van der Waals surface area contributed by atoms with Crippen molar-refractivity contribution in [1.82, 2.24) is 5.32 Å². The number of rotatable bonds is 7. The predicted octanol–water partition coefficient (Wildman–Crippen LogP) is 3.52. The number of nitrogens with one attached hydrogen (secondary N) is 1. The molecule has 25 heavy (non-hydrogen) atoms. The maximum absolute atomic E-state index is 11.9. The van der Waals surface area contributed by atoms with Gasteiger partial charge in [0.15, 0.2) is 6.61 Å². The topological polar surface area (TPSA) is 64.6 Å². The van der Waals surface area contributed by atoms with Gasteiger partial charge in [0.2, 0.25) is 0 Å². The van der Waals surface area contributed by atoms with Gasteiger partial charge in [-0.05, 0) is 36.2 Å². The molecule has 0 spiro atoms. The lowest BCUT2D eigenvalue weighted by molar-refractivity contribution is -0.124. The van der Waals surface area contributed by atoms with Crippen molar-refractivity contribution >= 4 is 35.1 Å². The monoisotopic (exact) mass is 381 g/mol. The fraction of sp³-hybridized carbons (Fsp3) is 0.222. The highest BCUT2D eigenvalue weighted by Crippen LogP contribution is 2.22. The van der Waals surface area contributed by atoms with Gasteiger partial charge >= 0.3 is 5.97 Å². The molecule has 0 fully saturated rings. The van der Waals surface area contributed by atoms with Crippen molar-refractivity contribution in [2.45, 2.75) is 6.42 Å². The van der Waals surface area contributed by atoms with Crippen LogP contribution in [0.4, 0.5) is 0 Å². The number of ether oxygens (including phenoxy) is 2. The standard InChI is InChI=1S/C18H17Cl2NO4/c1-24-16-5-3-2-4-12(16)8-9-21-17(22)11-25-18(23)13-6-7-14(19)15(20)10-13/h2-7,10H,8-9,11H2,1H3,(H,21,22). The number of carbonyl (C=O) groups is 2. The smallest absolute Gasteiger partial charge is 0.338 e. The Morgan fingerprint density at radius 1 is 1.08 bits per heavy atom. The van der Waals surface area contributed by atoms with Gasteiger partial charge in [0.05, 0.1) is 22.7 Å². The number of benzene rings is 2. The van der Waals surface area contributed by atoms with Crippen LogP contribution in [0.15, 0.2) is 42.5 Å². The van der Waals surface area contributed by atoms with Gasteiger partial charge in [-0.2, -0.15) is 0 Å². The Morgan fingerprint density at radius 3 is 2.56 bits per heavy atom. The van der Waals surface area contributed by atoms with E-state index in [0.717, 1.165) is 11.3 Å². The molecule has 0 aromatic heterocycles. The number of halogens is 2. The fourth-order valence-corrected chi connectivity index (χ4v) is 2.43. The van der Waals surface area contributed by atoms with Crippen molar-refractivity contribution in [3.8, 4) is 5.75 Å². The summed E-state index contributed by atoms with van der Waals surface area (Å²) in [6.45, 7) is 0.0362. The number of hydrogen-bond acceptors (Lipinski definition) is 4. The molecule has 0 aliphatic carbocycles. The zero-order valence-corrected chi connectivity index (χ0v) is 15.1. The third-order valence-electron chi connectivity index (χ3n) is 3.40. The summed E-state index contributed by atoms with van der Waals surface area (Å²) in [7, 11) is 1.60. The minimum absolute atomic E-state index is 0.233. The largest absolute Gasteiger partial charge is 0.496 e. The summed E-state index contributed by atoms with van der Waals surface area (Å²) in [6, 6.07) is 11.9. The highest BCUT2D eigenvalue weighted by molar-refractivity contribution is 6.42. The van der Waals surface area contributed by atoms with E-state index in [1.807, 2.05) is 24.3 Å². The van der Waals surface area contributed by atoms with E-state index in [1.165, 1.54) is 18.2 Å². The molecule has 5 nitrogen and oxygen atoms in total. The molecule has 0 unspecified atom stereocenters. The molecular weight excluding hydrogens is 365 g/mol. The Balaban J connectivity index is 1.76. The average molecular weight is 382 g/mol. The maximum atomic E-state index is 11.9. The third kappa shape index (κ3) is 5.66. The van der Waals surface area contributed by atoms with Gasteiger partial charge < -0.3 is 14.8 Å². The van der Waals surface area contributed by atoms with Crippen LogP contribution in [0, 0.1) is 0 Å². The summed E-state index contributed by atoms with van der Waals surface area (Å²) in [4.78, 5) is 23.6. The van der Waals surface area contributed by atoms with Crippen LogP contribution >= 0.6 is 23.2 Å². The van der Waals surface area contributed by atoms with E-state index in [4.69, 9.17) is 32.7 Å². The quantitative estimate of drug-likeness (QED) is 0.745. The van der Waals surface area contributed by atoms with Gasteiger partial charge in [-0.15, -0.1) is 0 Å². The molecule has 1 amide bonds. The first kappa shape index (κ1) is 19.1. The molecule has 2 rings (SSSR count). The van der Waals surface area contributed by atoms with Gasteiger partial charge in [0, 0.05) is 6.54 Å². The zero-order valence-electron chi connectivity index (χ0n) is 13.6. The van der Waals surface area contributed by atoms with Crippen molar-refractivity contribution in [3.63, 3.8) is 0 Å². The lowest BCUT2D eigenvalue weighted by atomic mass is 10.1. The molecule has 0 bridgehead atoms. The molecule has 2 aromatic rings. The summed E-state index contributed by atoms with van der Waals surface area (Å²) in [5, 5.41) is 3.28. The molecule has 0 heterocycles. The molecule has 0 atom stereocenters. The first-order valence-electron chi connectivity index (χ1n) is 7.52. The predicted molar refractivity (Wildman–Crippen MR) is 96.5 cm³/mol. The molecule has 0 radical (unpaired) electrons. The molecule has 0 saturated carbocycles. The van der Waals surface area contributed by atoms with Crippen LogP contribution in [-0.4, -0.2) is 32.1 Å². The van der Waals surface area contributed by atoms with E-state index in [0.29, 0.717) is 18.0 Å². The lowest BCUT2D eigenvalue weighted by Crippen LogP contribution is -2.30. The van der Waals surface area contributed by atoms with Crippen molar-refractivity contribution in [1.29, 1.82) is 0 Å².